The summed E-state index contributed by atoms with van der Waals surface area (Å²) in [5.74, 6) is -0.723. The number of halogens is 1. The third-order valence-electron chi connectivity index (χ3n) is 6.69. The molecule has 12 heteroatoms. The van der Waals surface area contributed by atoms with E-state index in [1.807, 2.05) is 4.90 Å². The van der Waals surface area contributed by atoms with Gasteiger partial charge in [0.05, 0.1) is 30.4 Å². The quantitative estimate of drug-likeness (QED) is 0.411. The second kappa shape index (κ2) is 11.8. The van der Waals surface area contributed by atoms with E-state index in [4.69, 9.17) is 15.2 Å². The summed E-state index contributed by atoms with van der Waals surface area (Å²) in [6, 6.07) is 15.4. The number of rotatable bonds is 8. The Bertz CT molecular complexity index is 1510. The highest BCUT2D eigenvalue weighted by atomic mass is 32.2. The molecule has 1 saturated heterocycles. The van der Waals surface area contributed by atoms with Gasteiger partial charge in [-0.3, -0.25) is 14.5 Å². The topological polar surface area (TPSA) is 122 Å². The number of nitrogens with two attached hydrogens (primary N) is 1. The molecule has 40 heavy (non-hydrogen) atoms. The highest BCUT2D eigenvalue weighted by Crippen LogP contribution is 2.33. The lowest BCUT2D eigenvalue weighted by atomic mass is 10.1. The Kier molecular flexibility index (Phi) is 8.48. The number of carbonyl (C=O) groups is 2. The Morgan fingerprint density at radius 2 is 1.57 bits per heavy atom. The maximum Gasteiger partial charge on any atom is 0.260 e. The molecule has 10 nitrogen and oxygen atoms in total. The molecule has 2 amide bonds. The van der Waals surface area contributed by atoms with Crippen LogP contribution < -0.4 is 25.0 Å². The van der Waals surface area contributed by atoms with Gasteiger partial charge in [-0.2, -0.15) is 0 Å². The van der Waals surface area contributed by atoms with Gasteiger partial charge in [0.25, 0.3) is 5.91 Å². The number of amides is 2. The SMILES string of the molecule is COc1cc(N)c(C(=O)N(CC(=O)N2CCN(c3ccc(F)cc3S(C)(=O)=O)CC2)c2ccccc2)cc1OC. The van der Waals surface area contributed by atoms with Crippen molar-refractivity contribution in [2.75, 3.05) is 68.7 Å². The van der Waals surface area contributed by atoms with Crippen LogP contribution in [0.1, 0.15) is 10.4 Å². The fraction of sp³-hybridized carbons (Fsp3) is 0.286. The van der Waals surface area contributed by atoms with Gasteiger partial charge in [0.15, 0.2) is 21.3 Å². The molecular weight excluding hydrogens is 539 g/mol. The van der Waals surface area contributed by atoms with Gasteiger partial charge < -0.3 is 25.0 Å². The molecule has 0 saturated carbocycles. The van der Waals surface area contributed by atoms with Crippen molar-refractivity contribution >= 4 is 38.7 Å². The molecule has 0 aromatic heterocycles. The largest absolute Gasteiger partial charge is 0.493 e. The number of ether oxygens (including phenoxy) is 2. The summed E-state index contributed by atoms with van der Waals surface area (Å²) in [4.78, 5) is 31.8. The molecule has 1 fully saturated rings. The molecule has 0 unspecified atom stereocenters. The van der Waals surface area contributed by atoms with Gasteiger partial charge in [0, 0.05) is 49.9 Å². The average Bonchev–Trinajstić information content (AvgIpc) is 2.95. The minimum Gasteiger partial charge on any atom is -0.493 e. The summed E-state index contributed by atoms with van der Waals surface area (Å²) in [7, 11) is -0.751. The molecule has 1 aliphatic heterocycles. The van der Waals surface area contributed by atoms with Gasteiger partial charge in [-0.1, -0.05) is 18.2 Å². The van der Waals surface area contributed by atoms with Crippen LogP contribution >= 0.6 is 0 Å². The van der Waals surface area contributed by atoms with Crippen molar-refractivity contribution < 1.29 is 31.9 Å². The van der Waals surface area contributed by atoms with Crippen molar-refractivity contribution in [3.63, 3.8) is 0 Å². The first-order valence-corrected chi connectivity index (χ1v) is 14.3. The summed E-state index contributed by atoms with van der Waals surface area (Å²) in [6.07, 6.45) is 1.03. The van der Waals surface area contributed by atoms with E-state index in [-0.39, 0.29) is 41.7 Å². The van der Waals surface area contributed by atoms with E-state index in [1.54, 1.807) is 35.2 Å². The van der Waals surface area contributed by atoms with Gasteiger partial charge >= 0.3 is 0 Å². The van der Waals surface area contributed by atoms with E-state index in [0.717, 1.165) is 12.3 Å². The summed E-state index contributed by atoms with van der Waals surface area (Å²) >= 11 is 0. The molecular formula is C28H31FN4O6S. The molecule has 0 radical (unpaired) electrons. The van der Waals surface area contributed by atoms with Crippen molar-refractivity contribution in [2.45, 2.75) is 4.90 Å². The third-order valence-corrected chi connectivity index (χ3v) is 7.81. The number of hydrogen-bond acceptors (Lipinski definition) is 8. The molecule has 212 valence electrons. The molecule has 0 spiro atoms. The van der Waals surface area contributed by atoms with Crippen LogP contribution in [-0.2, 0) is 14.6 Å². The molecule has 2 N–H and O–H groups in total. The lowest BCUT2D eigenvalue weighted by molar-refractivity contribution is -0.129. The van der Waals surface area contributed by atoms with Crippen LogP contribution in [0.4, 0.5) is 21.5 Å². The van der Waals surface area contributed by atoms with E-state index < -0.39 is 21.6 Å². The Balaban J connectivity index is 1.54. The van der Waals surface area contributed by atoms with E-state index >= 15 is 0 Å². The number of piperazine rings is 1. The van der Waals surface area contributed by atoms with Gasteiger partial charge in [-0.15, -0.1) is 0 Å². The molecule has 0 aliphatic carbocycles. The lowest BCUT2D eigenvalue weighted by Gasteiger charge is -2.37. The van der Waals surface area contributed by atoms with E-state index in [9.17, 15) is 22.4 Å². The summed E-state index contributed by atoms with van der Waals surface area (Å²) < 4.78 is 48.9. The maximum absolute atomic E-state index is 13.8. The van der Waals surface area contributed by atoms with Gasteiger partial charge in [0.1, 0.15) is 12.4 Å². The fourth-order valence-electron chi connectivity index (χ4n) is 4.59. The zero-order chi connectivity index (χ0) is 29.0. The van der Waals surface area contributed by atoms with Crippen LogP contribution in [0.5, 0.6) is 11.5 Å². The van der Waals surface area contributed by atoms with Gasteiger partial charge in [0.2, 0.25) is 5.91 Å². The maximum atomic E-state index is 13.8. The highest BCUT2D eigenvalue weighted by Gasteiger charge is 2.29. The second-order valence-corrected chi connectivity index (χ2v) is 11.3. The smallest absolute Gasteiger partial charge is 0.260 e. The first-order valence-electron chi connectivity index (χ1n) is 12.4. The number of nitrogens with zero attached hydrogens (tertiary/aromatic N) is 3. The molecule has 0 bridgehead atoms. The van der Waals surface area contributed by atoms with Crippen LogP contribution in [0.15, 0.2) is 65.6 Å². The number of sulfone groups is 1. The number of hydrogen-bond donors (Lipinski definition) is 1. The number of methoxy groups -OCH3 is 2. The Morgan fingerprint density at radius 1 is 0.950 bits per heavy atom. The first-order chi connectivity index (χ1) is 19.0. The average molecular weight is 571 g/mol. The predicted octanol–water partition coefficient (Wildman–Crippen LogP) is 2.82. The van der Waals surface area contributed by atoms with E-state index in [0.29, 0.717) is 36.0 Å². The first kappa shape index (κ1) is 28.7. The summed E-state index contributed by atoms with van der Waals surface area (Å²) in [5.41, 5.74) is 7.41. The molecule has 4 rings (SSSR count). The van der Waals surface area contributed by atoms with Gasteiger partial charge in [-0.05, 0) is 36.4 Å². The predicted molar refractivity (Wildman–Crippen MR) is 150 cm³/mol. The number of nitrogen functional groups attached to an aromatic ring is 1. The van der Waals surface area contributed by atoms with Crippen LogP contribution in [0.2, 0.25) is 0 Å². The van der Waals surface area contributed by atoms with Crippen LogP contribution in [0, 0.1) is 5.82 Å². The number of carbonyl (C=O) groups excluding carboxylic acids is 2. The number of benzene rings is 3. The molecule has 1 aliphatic rings. The molecule has 0 atom stereocenters. The minimum absolute atomic E-state index is 0.0966. The Labute approximate surface area is 232 Å². The molecule has 3 aromatic rings. The zero-order valence-electron chi connectivity index (χ0n) is 22.5. The van der Waals surface area contributed by atoms with Gasteiger partial charge in [-0.25, -0.2) is 12.8 Å². The normalized spacial score (nSPS) is 13.6. The van der Waals surface area contributed by atoms with Crippen molar-refractivity contribution in [1.29, 1.82) is 0 Å². The van der Waals surface area contributed by atoms with Crippen molar-refractivity contribution in [3.05, 3.63) is 72.0 Å². The minimum atomic E-state index is -3.66. The standard InChI is InChI=1S/C28H31FN4O6S/c1-38-24-16-21(22(30)17-25(24)39-2)28(35)33(20-7-5-4-6-8-20)18-27(34)32-13-11-31(12-14-32)23-10-9-19(29)15-26(23)40(3,36)37/h4-10,15-17H,11-14,18,30H2,1-3H3. The third kappa shape index (κ3) is 6.12. The fourth-order valence-corrected chi connectivity index (χ4v) is 5.50. The monoisotopic (exact) mass is 570 g/mol. The van der Waals surface area contributed by atoms with Crippen LogP contribution in [-0.4, -0.2) is 78.3 Å². The number of anilines is 3. The van der Waals surface area contributed by atoms with Crippen molar-refractivity contribution in [1.82, 2.24) is 4.90 Å². The summed E-state index contributed by atoms with van der Waals surface area (Å²) in [6.45, 7) is 0.995. The Morgan fingerprint density at radius 3 is 2.17 bits per heavy atom. The second-order valence-electron chi connectivity index (χ2n) is 9.27. The van der Waals surface area contributed by atoms with Crippen LogP contribution in [0.25, 0.3) is 0 Å². The number of para-hydroxylation sites is 1. The highest BCUT2D eigenvalue weighted by molar-refractivity contribution is 7.90. The molecule has 1 heterocycles. The zero-order valence-corrected chi connectivity index (χ0v) is 23.3. The van der Waals surface area contributed by atoms with Crippen molar-refractivity contribution in [2.24, 2.45) is 0 Å². The lowest BCUT2D eigenvalue weighted by Crippen LogP contribution is -2.52. The van der Waals surface area contributed by atoms with E-state index in [2.05, 4.69) is 0 Å². The summed E-state index contributed by atoms with van der Waals surface area (Å²) in [5, 5.41) is 0. The molecule has 3 aromatic carbocycles. The Hall–Kier alpha value is -4.32. The van der Waals surface area contributed by atoms with E-state index in [1.165, 1.54) is 43.4 Å². The van der Waals surface area contributed by atoms with Crippen LogP contribution in [0.3, 0.4) is 0 Å². The van der Waals surface area contributed by atoms with Crippen molar-refractivity contribution in [3.8, 4) is 11.5 Å².